The number of hydrogen-bond donors (Lipinski definition) is 2. The van der Waals surface area contributed by atoms with Crippen molar-refractivity contribution in [1.29, 1.82) is 0 Å². The minimum Gasteiger partial charge on any atom is -0.370 e. The van der Waals surface area contributed by atoms with Crippen LogP contribution in [0.15, 0.2) is 29.4 Å². The monoisotopic (exact) mass is 387 g/mol. The first-order valence-corrected chi connectivity index (χ1v) is 10.0. The second-order valence-corrected chi connectivity index (χ2v) is 8.14. The fraction of sp³-hybridized carbons (Fsp3) is 0.474. The van der Waals surface area contributed by atoms with Gasteiger partial charge in [-0.3, -0.25) is 9.59 Å². The number of hydrogen-bond acceptors (Lipinski definition) is 5. The van der Waals surface area contributed by atoms with E-state index in [4.69, 9.17) is 5.73 Å². The molecule has 0 saturated heterocycles. The van der Waals surface area contributed by atoms with Crippen LogP contribution in [0.2, 0.25) is 0 Å². The minimum absolute atomic E-state index is 0.0108. The number of aromatic nitrogens is 3. The molecule has 7 nitrogen and oxygen atoms in total. The van der Waals surface area contributed by atoms with Crippen molar-refractivity contribution in [3.63, 3.8) is 0 Å². The van der Waals surface area contributed by atoms with Gasteiger partial charge in [0.1, 0.15) is 5.82 Å². The van der Waals surface area contributed by atoms with Crippen molar-refractivity contribution < 1.29 is 9.59 Å². The number of benzene rings is 1. The van der Waals surface area contributed by atoms with E-state index in [-0.39, 0.29) is 29.5 Å². The van der Waals surface area contributed by atoms with Crippen LogP contribution in [0.3, 0.4) is 0 Å². The van der Waals surface area contributed by atoms with Crippen LogP contribution in [0.4, 0.5) is 0 Å². The van der Waals surface area contributed by atoms with Gasteiger partial charge in [0.25, 0.3) is 0 Å². The van der Waals surface area contributed by atoms with Gasteiger partial charge < -0.3 is 15.6 Å². The van der Waals surface area contributed by atoms with Crippen molar-refractivity contribution in [2.75, 3.05) is 0 Å². The maximum Gasteiger partial charge on any atom is 0.233 e. The Kier molecular flexibility index (Phi) is 6.15. The van der Waals surface area contributed by atoms with E-state index in [0.717, 1.165) is 19.3 Å². The highest BCUT2D eigenvalue weighted by molar-refractivity contribution is 8.00. The molecular formula is C19H25N5O2S. The van der Waals surface area contributed by atoms with Crippen LogP contribution in [0.1, 0.15) is 49.2 Å². The van der Waals surface area contributed by atoms with Gasteiger partial charge in [0.15, 0.2) is 5.16 Å². The molecule has 0 spiro atoms. The smallest absolute Gasteiger partial charge is 0.233 e. The van der Waals surface area contributed by atoms with Crippen molar-refractivity contribution >= 4 is 23.6 Å². The third-order valence-corrected chi connectivity index (χ3v) is 5.99. The lowest BCUT2D eigenvalue weighted by atomic mass is 9.88. The Morgan fingerprint density at radius 3 is 2.93 bits per heavy atom. The van der Waals surface area contributed by atoms with Gasteiger partial charge in [0, 0.05) is 19.9 Å². The van der Waals surface area contributed by atoms with E-state index >= 15 is 0 Å². The molecule has 3 rings (SSSR count). The second-order valence-electron chi connectivity index (χ2n) is 6.84. The molecule has 0 unspecified atom stereocenters. The average Bonchev–Trinajstić information content (AvgIpc) is 3.00. The molecule has 2 aromatic rings. The number of carbonyl (C=O) groups is 2. The number of thioether (sulfide) groups is 1. The molecule has 8 heteroatoms. The number of fused-ring (bicyclic) bond motifs is 1. The quantitative estimate of drug-likeness (QED) is 0.707. The van der Waals surface area contributed by atoms with Gasteiger partial charge in [-0.25, -0.2) is 0 Å². The molecule has 1 aromatic heterocycles. The Balaban J connectivity index is 1.61. The molecule has 1 heterocycles. The summed E-state index contributed by atoms with van der Waals surface area (Å²) in [5.74, 6) is 0.307. The van der Waals surface area contributed by atoms with Gasteiger partial charge in [-0.2, -0.15) is 0 Å². The molecule has 0 bridgehead atoms. The molecule has 0 fully saturated rings. The van der Waals surface area contributed by atoms with Crippen LogP contribution in [0.5, 0.6) is 0 Å². The van der Waals surface area contributed by atoms with Crippen molar-refractivity contribution in [2.24, 2.45) is 12.8 Å². The predicted molar refractivity (Wildman–Crippen MR) is 104 cm³/mol. The molecule has 1 aliphatic rings. The van der Waals surface area contributed by atoms with Crippen molar-refractivity contribution in [3.05, 3.63) is 41.2 Å². The van der Waals surface area contributed by atoms with E-state index in [1.165, 1.54) is 22.9 Å². The zero-order valence-electron chi connectivity index (χ0n) is 15.6. The van der Waals surface area contributed by atoms with Gasteiger partial charge in [-0.05, 0) is 37.3 Å². The molecule has 3 N–H and O–H groups in total. The van der Waals surface area contributed by atoms with E-state index in [9.17, 15) is 9.59 Å². The van der Waals surface area contributed by atoms with Crippen LogP contribution in [0.25, 0.3) is 0 Å². The summed E-state index contributed by atoms with van der Waals surface area (Å²) in [4.78, 5) is 23.6. The summed E-state index contributed by atoms with van der Waals surface area (Å²) in [6.45, 7) is 1.87. The van der Waals surface area contributed by atoms with E-state index in [1.807, 2.05) is 30.7 Å². The lowest BCUT2D eigenvalue weighted by Gasteiger charge is -2.27. The lowest BCUT2D eigenvalue weighted by molar-refractivity contribution is -0.121. The Hall–Kier alpha value is -2.35. The van der Waals surface area contributed by atoms with Gasteiger partial charge in [-0.15, -0.1) is 10.2 Å². The third kappa shape index (κ3) is 4.68. The number of amides is 2. The zero-order chi connectivity index (χ0) is 19.4. The molecular weight excluding hydrogens is 362 g/mol. The zero-order valence-corrected chi connectivity index (χ0v) is 16.5. The first-order chi connectivity index (χ1) is 13.0. The first-order valence-electron chi connectivity index (χ1n) is 9.17. The summed E-state index contributed by atoms with van der Waals surface area (Å²) in [5, 5.41) is 11.8. The standard InChI is InChI=1S/C19H25N5O2S/c1-12(27-19-23-22-17(24(19)2)11-10-16(20)25)18(26)21-15-9-5-7-13-6-3-4-8-14(13)15/h3-4,6,8,12,15H,5,7,9-11H2,1-2H3,(H2,20,25)(H,21,26)/t12-,15+/m1/s1. The number of carbonyl (C=O) groups excluding carboxylic acids is 2. The Bertz CT molecular complexity index is 835. The molecule has 144 valence electrons. The van der Waals surface area contributed by atoms with Gasteiger partial charge in [-0.1, -0.05) is 36.0 Å². The SMILES string of the molecule is C[C@@H](Sc1nnc(CCC(N)=O)n1C)C(=O)N[C@H]1CCCc2ccccc21. The molecule has 1 aliphatic carbocycles. The highest BCUT2D eigenvalue weighted by Crippen LogP contribution is 2.30. The van der Waals surface area contributed by atoms with Crippen molar-refractivity contribution in [3.8, 4) is 0 Å². The molecule has 27 heavy (non-hydrogen) atoms. The van der Waals surface area contributed by atoms with Crippen LogP contribution in [-0.2, 0) is 29.5 Å². The highest BCUT2D eigenvalue weighted by Gasteiger charge is 2.25. The molecule has 2 amide bonds. The minimum atomic E-state index is -0.368. The van der Waals surface area contributed by atoms with Crippen molar-refractivity contribution in [1.82, 2.24) is 20.1 Å². The third-order valence-electron chi connectivity index (χ3n) is 4.86. The lowest BCUT2D eigenvalue weighted by Crippen LogP contribution is -2.36. The number of nitrogens with two attached hydrogens (primary N) is 1. The van der Waals surface area contributed by atoms with Gasteiger partial charge >= 0.3 is 0 Å². The fourth-order valence-electron chi connectivity index (χ4n) is 3.30. The topological polar surface area (TPSA) is 103 Å². The first kappa shape index (κ1) is 19.4. The summed E-state index contributed by atoms with van der Waals surface area (Å²) in [6.07, 6.45) is 3.78. The molecule has 2 atom stereocenters. The molecule has 0 radical (unpaired) electrons. The number of aryl methyl sites for hydroxylation is 2. The molecule has 1 aromatic carbocycles. The van der Waals surface area contributed by atoms with Crippen LogP contribution >= 0.6 is 11.8 Å². The summed E-state index contributed by atoms with van der Waals surface area (Å²) in [5.41, 5.74) is 7.73. The maximum atomic E-state index is 12.7. The molecule has 0 saturated carbocycles. The largest absolute Gasteiger partial charge is 0.370 e. The summed E-state index contributed by atoms with van der Waals surface area (Å²) in [7, 11) is 1.83. The van der Waals surface area contributed by atoms with Crippen LogP contribution < -0.4 is 11.1 Å². The maximum absolute atomic E-state index is 12.7. The second kappa shape index (κ2) is 8.56. The van der Waals surface area contributed by atoms with Crippen LogP contribution in [0, 0.1) is 0 Å². The highest BCUT2D eigenvalue weighted by atomic mass is 32.2. The summed E-state index contributed by atoms with van der Waals surface area (Å²) in [6, 6.07) is 8.38. The Morgan fingerprint density at radius 1 is 1.37 bits per heavy atom. The molecule has 0 aliphatic heterocycles. The van der Waals surface area contributed by atoms with E-state index < -0.39 is 0 Å². The normalized spacial score (nSPS) is 17.2. The number of nitrogens with one attached hydrogen (secondary N) is 1. The number of nitrogens with zero attached hydrogens (tertiary/aromatic N) is 3. The summed E-state index contributed by atoms with van der Waals surface area (Å²) >= 11 is 1.36. The van der Waals surface area contributed by atoms with Crippen LogP contribution in [-0.4, -0.2) is 31.8 Å². The van der Waals surface area contributed by atoms with Crippen molar-refractivity contribution in [2.45, 2.75) is 55.5 Å². The Morgan fingerprint density at radius 2 is 2.15 bits per heavy atom. The average molecular weight is 388 g/mol. The predicted octanol–water partition coefficient (Wildman–Crippen LogP) is 1.91. The Labute approximate surface area is 163 Å². The van der Waals surface area contributed by atoms with E-state index in [2.05, 4.69) is 27.6 Å². The number of primary amides is 1. The fourth-order valence-corrected chi connectivity index (χ4v) is 4.15. The number of rotatable bonds is 7. The summed E-state index contributed by atoms with van der Waals surface area (Å²) < 4.78 is 1.81. The van der Waals surface area contributed by atoms with E-state index in [1.54, 1.807) is 0 Å². The van der Waals surface area contributed by atoms with E-state index in [0.29, 0.717) is 17.4 Å². The van der Waals surface area contributed by atoms with Gasteiger partial charge in [0.05, 0.1) is 11.3 Å². The van der Waals surface area contributed by atoms with Gasteiger partial charge in [0.2, 0.25) is 11.8 Å².